The Bertz CT molecular complexity index is 1270. The SMILES string of the molecule is C[C@H](NC(=O)c1cc(Cl)cc(OC(F)(F)F)c1)c1nc(C2CC2)nn1-c1ncc(C(=O)N(C)C)s1. The van der Waals surface area contributed by atoms with Crippen LogP contribution in [0.25, 0.3) is 5.13 Å². The molecule has 0 radical (unpaired) electrons. The molecule has 0 aliphatic heterocycles. The zero-order chi connectivity index (χ0) is 25.5. The summed E-state index contributed by atoms with van der Waals surface area (Å²) >= 11 is 7.01. The van der Waals surface area contributed by atoms with Gasteiger partial charge in [0, 0.05) is 30.6 Å². The highest BCUT2D eigenvalue weighted by Crippen LogP contribution is 2.39. The molecule has 4 rings (SSSR count). The number of rotatable bonds is 7. The fraction of sp³-hybridized carbons (Fsp3) is 0.381. The topological polar surface area (TPSA) is 102 Å². The van der Waals surface area contributed by atoms with E-state index in [9.17, 15) is 22.8 Å². The van der Waals surface area contributed by atoms with Gasteiger partial charge in [-0.3, -0.25) is 9.59 Å². The van der Waals surface area contributed by atoms with Gasteiger partial charge in [0.25, 0.3) is 11.8 Å². The van der Waals surface area contributed by atoms with Crippen molar-refractivity contribution in [2.24, 2.45) is 0 Å². The van der Waals surface area contributed by atoms with E-state index in [1.165, 1.54) is 21.8 Å². The molecular weight excluding hydrogens is 509 g/mol. The number of thiazole rings is 1. The Kier molecular flexibility index (Phi) is 6.73. The second-order valence-corrected chi connectivity index (χ2v) is 9.59. The highest BCUT2D eigenvalue weighted by Gasteiger charge is 2.33. The van der Waals surface area contributed by atoms with Crippen molar-refractivity contribution in [1.82, 2.24) is 30.0 Å². The predicted octanol–water partition coefficient (Wildman–Crippen LogP) is 4.35. The average Bonchev–Trinajstić information content (AvgIpc) is 3.31. The van der Waals surface area contributed by atoms with Gasteiger partial charge in [-0.05, 0) is 38.0 Å². The summed E-state index contributed by atoms with van der Waals surface area (Å²) in [5.41, 5.74) is -0.120. The van der Waals surface area contributed by atoms with E-state index in [0.29, 0.717) is 21.7 Å². The maximum Gasteiger partial charge on any atom is 0.573 e. The number of ether oxygens (including phenoxy) is 1. The second kappa shape index (κ2) is 9.46. The largest absolute Gasteiger partial charge is 0.573 e. The summed E-state index contributed by atoms with van der Waals surface area (Å²) in [5, 5.41) is 7.55. The Hall–Kier alpha value is -3.19. The van der Waals surface area contributed by atoms with Gasteiger partial charge in [-0.25, -0.2) is 9.97 Å². The van der Waals surface area contributed by atoms with Gasteiger partial charge in [0.15, 0.2) is 11.6 Å². The monoisotopic (exact) mass is 528 g/mol. The average molecular weight is 529 g/mol. The van der Waals surface area contributed by atoms with Gasteiger partial charge >= 0.3 is 6.36 Å². The van der Waals surface area contributed by atoms with Crippen molar-refractivity contribution in [3.63, 3.8) is 0 Å². The van der Waals surface area contributed by atoms with Crippen LogP contribution >= 0.6 is 22.9 Å². The fourth-order valence-corrected chi connectivity index (χ4v) is 4.31. The molecule has 1 aliphatic carbocycles. The highest BCUT2D eigenvalue weighted by molar-refractivity contribution is 7.16. The quantitative estimate of drug-likeness (QED) is 0.489. The van der Waals surface area contributed by atoms with Crippen LogP contribution in [0.3, 0.4) is 0 Å². The van der Waals surface area contributed by atoms with Crippen molar-refractivity contribution in [3.05, 3.63) is 51.5 Å². The van der Waals surface area contributed by atoms with Crippen molar-refractivity contribution in [2.45, 2.75) is 38.1 Å². The van der Waals surface area contributed by atoms with Crippen molar-refractivity contribution >= 4 is 34.8 Å². The first-order valence-electron chi connectivity index (χ1n) is 10.4. The van der Waals surface area contributed by atoms with Crippen LogP contribution in [0.1, 0.15) is 63.4 Å². The number of benzene rings is 1. The van der Waals surface area contributed by atoms with Gasteiger partial charge in [0.1, 0.15) is 10.6 Å². The molecule has 2 aromatic heterocycles. The van der Waals surface area contributed by atoms with Gasteiger partial charge in [-0.15, -0.1) is 18.3 Å². The zero-order valence-corrected chi connectivity index (χ0v) is 20.3. The van der Waals surface area contributed by atoms with Crippen LogP contribution in [-0.2, 0) is 0 Å². The van der Waals surface area contributed by atoms with Gasteiger partial charge < -0.3 is 15.0 Å². The summed E-state index contributed by atoms with van der Waals surface area (Å²) in [5.74, 6) is -0.333. The van der Waals surface area contributed by atoms with Gasteiger partial charge in [0.05, 0.1) is 12.2 Å². The second-order valence-electron chi connectivity index (χ2n) is 8.14. The minimum Gasteiger partial charge on any atom is -0.406 e. The van der Waals surface area contributed by atoms with E-state index in [1.54, 1.807) is 21.0 Å². The molecule has 0 saturated heterocycles. The summed E-state index contributed by atoms with van der Waals surface area (Å²) in [6.45, 7) is 1.66. The Morgan fingerprint density at radius 1 is 1.29 bits per heavy atom. The van der Waals surface area contributed by atoms with E-state index >= 15 is 0 Å². The molecule has 1 aromatic carbocycles. The molecule has 2 amide bonds. The number of nitrogens with zero attached hydrogens (tertiary/aromatic N) is 5. The molecule has 1 saturated carbocycles. The molecule has 1 N–H and O–H groups in total. The summed E-state index contributed by atoms with van der Waals surface area (Å²) in [6.07, 6.45) is -1.60. The molecule has 1 fully saturated rings. The first-order chi connectivity index (χ1) is 16.4. The molecule has 14 heteroatoms. The van der Waals surface area contributed by atoms with E-state index in [0.717, 1.165) is 36.3 Å². The number of alkyl halides is 3. The summed E-state index contributed by atoms with van der Waals surface area (Å²) < 4.78 is 43.2. The lowest BCUT2D eigenvalue weighted by molar-refractivity contribution is -0.274. The third-order valence-corrected chi connectivity index (χ3v) is 6.16. The number of nitrogens with one attached hydrogen (secondary N) is 1. The van der Waals surface area contributed by atoms with Crippen molar-refractivity contribution in [3.8, 4) is 10.9 Å². The van der Waals surface area contributed by atoms with Crippen LogP contribution < -0.4 is 10.1 Å². The third-order valence-electron chi connectivity index (χ3n) is 4.98. The smallest absolute Gasteiger partial charge is 0.406 e. The van der Waals surface area contributed by atoms with E-state index in [1.807, 2.05) is 0 Å². The molecule has 1 aliphatic rings. The number of hydrogen-bond donors (Lipinski definition) is 1. The molecule has 0 unspecified atom stereocenters. The summed E-state index contributed by atoms with van der Waals surface area (Å²) in [7, 11) is 3.26. The minimum absolute atomic E-state index is 0.0930. The minimum atomic E-state index is -4.93. The zero-order valence-electron chi connectivity index (χ0n) is 18.8. The van der Waals surface area contributed by atoms with Gasteiger partial charge in [0.2, 0.25) is 5.13 Å². The highest BCUT2D eigenvalue weighted by atomic mass is 35.5. The molecule has 1 atom stereocenters. The van der Waals surface area contributed by atoms with Gasteiger partial charge in [-0.1, -0.05) is 22.9 Å². The lowest BCUT2D eigenvalue weighted by Gasteiger charge is -2.15. The standard InChI is InChI=1S/C21H20ClF3N6O3S/c1-10(27-18(32)12-6-13(22)8-14(7-12)34-21(23,24)25)17-28-16(11-4-5-11)29-31(17)20-26-9-15(35-20)19(33)30(2)3/h6-11H,4-5H2,1-3H3,(H,27,32)/t10-/m0/s1. The predicted molar refractivity (Wildman–Crippen MR) is 121 cm³/mol. The lowest BCUT2D eigenvalue weighted by atomic mass is 10.2. The Morgan fingerprint density at radius 2 is 2.00 bits per heavy atom. The fourth-order valence-electron chi connectivity index (χ4n) is 3.19. The molecule has 3 aromatic rings. The number of aromatic nitrogens is 4. The number of halogens is 4. The molecule has 0 spiro atoms. The molecule has 9 nitrogen and oxygen atoms in total. The first-order valence-corrected chi connectivity index (χ1v) is 11.6. The molecule has 2 heterocycles. The summed E-state index contributed by atoms with van der Waals surface area (Å²) in [4.78, 5) is 35.8. The van der Waals surface area contributed by atoms with Crippen molar-refractivity contribution in [1.29, 1.82) is 0 Å². The van der Waals surface area contributed by atoms with E-state index in [2.05, 4.69) is 25.1 Å². The third kappa shape index (κ3) is 5.90. The number of carbonyl (C=O) groups excluding carboxylic acids is 2. The lowest BCUT2D eigenvalue weighted by Crippen LogP contribution is -2.29. The molecular formula is C21H20ClF3N6O3S. The maximum absolute atomic E-state index is 12.8. The van der Waals surface area contributed by atoms with Crippen LogP contribution in [0.5, 0.6) is 5.75 Å². The van der Waals surface area contributed by atoms with Crippen LogP contribution in [0.15, 0.2) is 24.4 Å². The van der Waals surface area contributed by atoms with E-state index in [-0.39, 0.29) is 22.4 Å². The molecule has 186 valence electrons. The Labute approximate surface area is 206 Å². The normalized spacial score (nSPS) is 14.5. The van der Waals surface area contributed by atoms with E-state index in [4.69, 9.17) is 11.6 Å². The number of carbonyl (C=O) groups is 2. The Balaban J connectivity index is 1.60. The van der Waals surface area contributed by atoms with Crippen LogP contribution in [0.4, 0.5) is 13.2 Å². The van der Waals surface area contributed by atoms with Gasteiger partial charge in [-0.2, -0.15) is 4.68 Å². The maximum atomic E-state index is 12.8. The molecule has 35 heavy (non-hydrogen) atoms. The first kappa shape index (κ1) is 24.9. The number of hydrogen-bond acceptors (Lipinski definition) is 7. The van der Waals surface area contributed by atoms with E-state index < -0.39 is 24.1 Å². The van der Waals surface area contributed by atoms with Crippen molar-refractivity contribution < 1.29 is 27.5 Å². The van der Waals surface area contributed by atoms with Crippen LogP contribution in [0, 0.1) is 0 Å². The number of amides is 2. The molecule has 0 bridgehead atoms. The summed E-state index contributed by atoms with van der Waals surface area (Å²) in [6, 6.07) is 2.43. The van der Waals surface area contributed by atoms with Crippen molar-refractivity contribution in [2.75, 3.05) is 14.1 Å². The van der Waals surface area contributed by atoms with Crippen LogP contribution in [-0.4, -0.2) is 56.9 Å². The van der Waals surface area contributed by atoms with Crippen LogP contribution in [0.2, 0.25) is 5.02 Å². The Morgan fingerprint density at radius 3 is 2.63 bits per heavy atom.